The third-order valence-corrected chi connectivity index (χ3v) is 6.58. The van der Waals surface area contributed by atoms with E-state index in [1.807, 2.05) is 18.2 Å². The Morgan fingerprint density at radius 3 is 2.69 bits per heavy atom. The van der Waals surface area contributed by atoms with Crippen molar-refractivity contribution in [2.45, 2.75) is 51.7 Å². The van der Waals surface area contributed by atoms with Gasteiger partial charge in [-0.25, -0.2) is 4.68 Å². The second-order valence-electron chi connectivity index (χ2n) is 8.75. The van der Waals surface area contributed by atoms with Crippen LogP contribution in [0, 0.1) is 11.8 Å². The van der Waals surface area contributed by atoms with Crippen molar-refractivity contribution in [3.63, 3.8) is 0 Å². The number of ketones is 1. The molecular weight excluding hydrogens is 366 g/mol. The number of hydrogen-bond acceptors (Lipinski definition) is 5. The van der Waals surface area contributed by atoms with Gasteiger partial charge >= 0.3 is 0 Å². The van der Waals surface area contributed by atoms with Crippen LogP contribution in [0.4, 0.5) is 0 Å². The van der Waals surface area contributed by atoms with Crippen molar-refractivity contribution in [1.29, 1.82) is 0 Å². The van der Waals surface area contributed by atoms with Crippen LogP contribution in [-0.2, 0) is 4.74 Å². The van der Waals surface area contributed by atoms with E-state index in [0.717, 1.165) is 44.0 Å². The van der Waals surface area contributed by atoms with E-state index in [0.29, 0.717) is 23.4 Å². The van der Waals surface area contributed by atoms with E-state index >= 15 is 0 Å². The molecule has 1 unspecified atom stereocenters. The lowest BCUT2D eigenvalue weighted by Crippen LogP contribution is -2.38. The largest absolute Gasteiger partial charge is 0.381 e. The van der Waals surface area contributed by atoms with Gasteiger partial charge in [0.25, 0.3) is 0 Å². The Bertz CT molecular complexity index is 818. The predicted octanol–water partition coefficient (Wildman–Crippen LogP) is 3.65. The Kier molecular flexibility index (Phi) is 6.63. The first kappa shape index (κ1) is 20.5. The van der Waals surface area contributed by atoms with E-state index in [9.17, 15) is 9.90 Å². The van der Waals surface area contributed by atoms with Crippen molar-refractivity contribution < 1.29 is 14.6 Å². The summed E-state index contributed by atoms with van der Waals surface area (Å²) in [4.78, 5) is 15.5. The average molecular weight is 400 g/mol. The van der Waals surface area contributed by atoms with Crippen LogP contribution in [-0.4, -0.2) is 58.4 Å². The van der Waals surface area contributed by atoms with Gasteiger partial charge in [0.1, 0.15) is 11.7 Å². The third-order valence-electron chi connectivity index (χ3n) is 6.58. The Morgan fingerprint density at radius 2 is 1.97 bits per heavy atom. The number of aromatic nitrogens is 2. The standard InChI is InChI=1S/C23H33N3O3/c1-17(27)26-16-20-3-2-4-21(23(20)24-26)22(28)6-5-18-7-11-25(12-8-18)15-19-9-13-29-14-10-19/h2-4,16-19,27H,5-15H2,1H3. The number of fused-ring (bicyclic) bond motifs is 1. The SMILES string of the molecule is CC(O)n1cc2cccc(C(=O)CCC3CCN(CC4CCOCC4)CC3)c2n1. The van der Waals surface area contributed by atoms with E-state index in [1.165, 1.54) is 36.9 Å². The molecule has 2 aromatic rings. The highest BCUT2D eigenvalue weighted by Crippen LogP contribution is 2.26. The summed E-state index contributed by atoms with van der Waals surface area (Å²) in [5.74, 6) is 1.60. The zero-order chi connectivity index (χ0) is 20.2. The summed E-state index contributed by atoms with van der Waals surface area (Å²) in [5.41, 5.74) is 1.38. The number of hydrogen-bond donors (Lipinski definition) is 1. The van der Waals surface area contributed by atoms with Gasteiger partial charge in [-0.15, -0.1) is 0 Å². The Balaban J connectivity index is 1.28. The summed E-state index contributed by atoms with van der Waals surface area (Å²) in [7, 11) is 0. The molecule has 0 saturated carbocycles. The molecule has 0 spiro atoms. The summed E-state index contributed by atoms with van der Waals surface area (Å²) in [6, 6.07) is 5.70. The normalized spacial score (nSPS) is 20.9. The van der Waals surface area contributed by atoms with Crippen LogP contribution in [0.5, 0.6) is 0 Å². The maximum absolute atomic E-state index is 12.9. The number of benzene rings is 1. The first-order valence-corrected chi connectivity index (χ1v) is 11.1. The highest BCUT2D eigenvalue weighted by molar-refractivity contribution is 6.06. The van der Waals surface area contributed by atoms with Gasteiger partial charge in [0.2, 0.25) is 0 Å². The smallest absolute Gasteiger partial charge is 0.165 e. The lowest BCUT2D eigenvalue weighted by molar-refractivity contribution is 0.0464. The first-order chi connectivity index (χ1) is 14.1. The molecule has 4 rings (SSSR count). The number of likely N-dealkylation sites (tertiary alicyclic amines) is 1. The number of piperidine rings is 1. The molecule has 1 aromatic heterocycles. The predicted molar refractivity (Wildman–Crippen MR) is 113 cm³/mol. The monoisotopic (exact) mass is 399 g/mol. The van der Waals surface area contributed by atoms with Crippen LogP contribution in [0.1, 0.15) is 62.0 Å². The number of rotatable bonds is 7. The van der Waals surface area contributed by atoms with Gasteiger partial charge in [-0.1, -0.05) is 12.1 Å². The van der Waals surface area contributed by atoms with Gasteiger partial charge in [0, 0.05) is 43.3 Å². The van der Waals surface area contributed by atoms with E-state index in [1.54, 1.807) is 13.1 Å². The summed E-state index contributed by atoms with van der Waals surface area (Å²) >= 11 is 0. The highest BCUT2D eigenvalue weighted by atomic mass is 16.5. The molecule has 0 radical (unpaired) electrons. The maximum Gasteiger partial charge on any atom is 0.165 e. The van der Waals surface area contributed by atoms with Gasteiger partial charge < -0.3 is 14.7 Å². The fourth-order valence-electron chi connectivity index (χ4n) is 4.70. The Labute approximate surface area is 172 Å². The summed E-state index contributed by atoms with van der Waals surface area (Å²) in [6.45, 7) is 7.04. The number of ether oxygens (including phenoxy) is 1. The lowest BCUT2D eigenvalue weighted by atomic mass is 9.89. The zero-order valence-corrected chi connectivity index (χ0v) is 17.4. The molecule has 1 atom stereocenters. The van der Waals surface area contributed by atoms with E-state index in [4.69, 9.17) is 4.74 Å². The number of aliphatic hydroxyl groups is 1. The molecular formula is C23H33N3O3. The fourth-order valence-corrected chi connectivity index (χ4v) is 4.70. The van der Waals surface area contributed by atoms with Gasteiger partial charge in [-0.3, -0.25) is 4.79 Å². The van der Waals surface area contributed by atoms with Crippen molar-refractivity contribution in [1.82, 2.24) is 14.7 Å². The van der Waals surface area contributed by atoms with Gasteiger partial charge in [-0.2, -0.15) is 5.10 Å². The van der Waals surface area contributed by atoms with Gasteiger partial charge in [0.05, 0.1) is 0 Å². The van der Waals surface area contributed by atoms with Crippen LogP contribution < -0.4 is 0 Å². The van der Waals surface area contributed by atoms with Crippen molar-refractivity contribution in [2.75, 3.05) is 32.8 Å². The van der Waals surface area contributed by atoms with Crippen LogP contribution in [0.25, 0.3) is 10.9 Å². The topological polar surface area (TPSA) is 67.6 Å². The van der Waals surface area contributed by atoms with Crippen LogP contribution in [0.15, 0.2) is 24.4 Å². The second kappa shape index (κ2) is 9.37. The average Bonchev–Trinajstić information content (AvgIpc) is 3.19. The Morgan fingerprint density at radius 1 is 1.21 bits per heavy atom. The zero-order valence-electron chi connectivity index (χ0n) is 17.4. The molecule has 0 aliphatic carbocycles. The third kappa shape index (κ3) is 5.05. The molecule has 29 heavy (non-hydrogen) atoms. The number of nitrogens with zero attached hydrogens (tertiary/aromatic N) is 3. The number of carbonyl (C=O) groups is 1. The van der Waals surface area contributed by atoms with Crippen molar-refractivity contribution >= 4 is 16.7 Å². The molecule has 1 aromatic carbocycles. The molecule has 3 heterocycles. The second-order valence-corrected chi connectivity index (χ2v) is 8.75. The minimum atomic E-state index is -0.698. The lowest BCUT2D eigenvalue weighted by Gasteiger charge is -2.35. The van der Waals surface area contributed by atoms with Gasteiger partial charge in [0.15, 0.2) is 5.78 Å². The fraction of sp³-hybridized carbons (Fsp3) is 0.652. The molecule has 2 fully saturated rings. The molecule has 6 heteroatoms. The van der Waals surface area contributed by atoms with Crippen LogP contribution >= 0.6 is 0 Å². The van der Waals surface area contributed by atoms with Crippen molar-refractivity contribution in [3.05, 3.63) is 30.0 Å². The van der Waals surface area contributed by atoms with Crippen LogP contribution in [0.2, 0.25) is 0 Å². The summed E-state index contributed by atoms with van der Waals surface area (Å²) in [6.07, 6.45) is 7.41. The Hall–Kier alpha value is -1.76. The van der Waals surface area contributed by atoms with E-state index < -0.39 is 6.23 Å². The first-order valence-electron chi connectivity index (χ1n) is 11.1. The minimum Gasteiger partial charge on any atom is -0.381 e. The maximum atomic E-state index is 12.9. The molecule has 2 saturated heterocycles. The molecule has 0 amide bonds. The molecule has 2 aliphatic rings. The quantitative estimate of drug-likeness (QED) is 0.720. The van der Waals surface area contributed by atoms with Crippen molar-refractivity contribution in [3.8, 4) is 0 Å². The van der Waals surface area contributed by atoms with E-state index in [-0.39, 0.29) is 5.78 Å². The number of carbonyl (C=O) groups excluding carboxylic acids is 1. The molecule has 2 aliphatic heterocycles. The molecule has 6 nitrogen and oxygen atoms in total. The number of Topliss-reactive ketones (excluding diaryl/α,β-unsaturated/α-hetero) is 1. The number of aliphatic hydroxyl groups excluding tert-OH is 1. The van der Waals surface area contributed by atoms with E-state index in [2.05, 4.69) is 10.00 Å². The summed E-state index contributed by atoms with van der Waals surface area (Å²) in [5, 5.41) is 15.1. The molecule has 158 valence electrons. The highest BCUT2D eigenvalue weighted by Gasteiger charge is 2.24. The molecule has 1 N–H and O–H groups in total. The minimum absolute atomic E-state index is 0.163. The van der Waals surface area contributed by atoms with Crippen LogP contribution in [0.3, 0.4) is 0 Å². The van der Waals surface area contributed by atoms with Gasteiger partial charge in [-0.05, 0) is 70.0 Å². The molecule has 0 bridgehead atoms. The summed E-state index contributed by atoms with van der Waals surface area (Å²) < 4.78 is 6.98. The van der Waals surface area contributed by atoms with Crippen molar-refractivity contribution in [2.24, 2.45) is 11.8 Å².